The molecule has 0 aromatic heterocycles. The number of nitriles is 1. The van der Waals surface area contributed by atoms with E-state index < -0.39 is 0 Å². The molecule has 2 aromatic carbocycles. The van der Waals surface area contributed by atoms with Gasteiger partial charge in [-0.3, -0.25) is 0 Å². The van der Waals surface area contributed by atoms with E-state index in [2.05, 4.69) is 6.07 Å². The molecule has 0 saturated carbocycles. The summed E-state index contributed by atoms with van der Waals surface area (Å²) < 4.78 is 16.5. The van der Waals surface area contributed by atoms with Gasteiger partial charge in [0.1, 0.15) is 30.5 Å². The molecule has 0 saturated heterocycles. The lowest BCUT2D eigenvalue weighted by Crippen LogP contribution is -2.09. The molecule has 0 bridgehead atoms. The van der Waals surface area contributed by atoms with Crippen LogP contribution >= 0.6 is 0 Å². The van der Waals surface area contributed by atoms with Gasteiger partial charge in [-0.05, 0) is 37.3 Å². The summed E-state index contributed by atoms with van der Waals surface area (Å²) >= 11 is 0. The van der Waals surface area contributed by atoms with Crippen LogP contribution in [0.4, 0.5) is 0 Å². The Kier molecular flexibility index (Phi) is 5.48. The Bertz CT molecular complexity index is 619. The number of hydrogen-bond acceptors (Lipinski definition) is 4. The van der Waals surface area contributed by atoms with Crippen molar-refractivity contribution < 1.29 is 14.2 Å². The molecule has 0 aliphatic rings. The van der Waals surface area contributed by atoms with Crippen LogP contribution in [0.1, 0.15) is 12.5 Å². The molecule has 0 radical (unpaired) electrons. The molecule has 4 nitrogen and oxygen atoms in total. The zero-order valence-electron chi connectivity index (χ0n) is 11.9. The van der Waals surface area contributed by atoms with Gasteiger partial charge in [-0.25, -0.2) is 0 Å². The molecule has 2 rings (SSSR count). The first-order valence-corrected chi connectivity index (χ1v) is 6.80. The summed E-state index contributed by atoms with van der Waals surface area (Å²) in [5.41, 5.74) is 0.581. The maximum Gasteiger partial charge on any atom is 0.123 e. The van der Waals surface area contributed by atoms with Gasteiger partial charge in [-0.1, -0.05) is 12.1 Å². The first-order valence-electron chi connectivity index (χ1n) is 6.80. The Labute approximate surface area is 124 Å². The summed E-state index contributed by atoms with van der Waals surface area (Å²) in [6, 6.07) is 16.6. The summed E-state index contributed by atoms with van der Waals surface area (Å²) in [5, 5.41) is 8.81. The third kappa shape index (κ3) is 4.73. The summed E-state index contributed by atoms with van der Waals surface area (Å²) in [6.45, 7) is 3.40. The highest BCUT2D eigenvalue weighted by atomic mass is 16.5. The van der Waals surface area contributed by atoms with Crippen molar-refractivity contribution in [3.05, 3.63) is 54.1 Å². The van der Waals surface area contributed by atoms with Crippen LogP contribution < -0.4 is 14.2 Å². The van der Waals surface area contributed by atoms with Gasteiger partial charge in [0.2, 0.25) is 0 Å². The molecule has 0 spiro atoms. The van der Waals surface area contributed by atoms with Crippen molar-refractivity contribution in [1.82, 2.24) is 0 Å². The second-order valence-electron chi connectivity index (χ2n) is 4.24. The largest absolute Gasteiger partial charge is 0.494 e. The molecule has 0 atom stereocenters. The highest BCUT2D eigenvalue weighted by Gasteiger charge is 1.99. The van der Waals surface area contributed by atoms with E-state index in [0.717, 1.165) is 11.5 Å². The average molecular weight is 283 g/mol. The van der Waals surface area contributed by atoms with Gasteiger partial charge in [-0.2, -0.15) is 5.26 Å². The predicted octanol–water partition coefficient (Wildman–Crippen LogP) is 3.41. The lowest BCUT2D eigenvalue weighted by Gasteiger charge is -2.10. The van der Waals surface area contributed by atoms with Crippen molar-refractivity contribution in [2.45, 2.75) is 6.92 Å². The number of rotatable bonds is 7. The zero-order valence-corrected chi connectivity index (χ0v) is 11.9. The van der Waals surface area contributed by atoms with Crippen LogP contribution in [0.2, 0.25) is 0 Å². The molecule has 108 valence electrons. The van der Waals surface area contributed by atoms with Crippen LogP contribution in [0.15, 0.2) is 48.5 Å². The molecular formula is C17H17NO3. The highest BCUT2D eigenvalue weighted by Crippen LogP contribution is 2.19. The second kappa shape index (κ2) is 7.81. The fourth-order valence-corrected chi connectivity index (χ4v) is 1.79. The topological polar surface area (TPSA) is 51.5 Å². The van der Waals surface area contributed by atoms with Gasteiger partial charge in [0.15, 0.2) is 0 Å². The van der Waals surface area contributed by atoms with E-state index in [0.29, 0.717) is 31.1 Å². The minimum absolute atomic E-state index is 0.410. The van der Waals surface area contributed by atoms with Gasteiger partial charge < -0.3 is 14.2 Å². The van der Waals surface area contributed by atoms with E-state index in [1.54, 1.807) is 18.2 Å². The van der Waals surface area contributed by atoms with E-state index in [9.17, 15) is 0 Å². The summed E-state index contributed by atoms with van der Waals surface area (Å²) in [7, 11) is 0. The minimum atomic E-state index is 0.410. The van der Waals surface area contributed by atoms with Gasteiger partial charge in [-0.15, -0.1) is 0 Å². The Morgan fingerprint density at radius 1 is 0.857 bits per heavy atom. The maximum atomic E-state index is 8.81. The summed E-state index contributed by atoms with van der Waals surface area (Å²) in [6.07, 6.45) is 0. The lowest BCUT2D eigenvalue weighted by molar-refractivity contribution is 0.216. The predicted molar refractivity (Wildman–Crippen MR) is 79.8 cm³/mol. The first kappa shape index (κ1) is 14.7. The molecule has 0 heterocycles. The van der Waals surface area contributed by atoms with E-state index in [-0.39, 0.29) is 0 Å². The fraction of sp³-hybridized carbons (Fsp3) is 0.235. The second-order valence-corrected chi connectivity index (χ2v) is 4.24. The average Bonchev–Trinajstić information content (AvgIpc) is 2.52. The van der Waals surface area contributed by atoms with E-state index in [1.165, 1.54) is 0 Å². The number of hydrogen-bond donors (Lipinski definition) is 0. The number of nitrogens with zero attached hydrogens (tertiary/aromatic N) is 1. The number of benzene rings is 2. The van der Waals surface area contributed by atoms with Gasteiger partial charge in [0, 0.05) is 6.07 Å². The molecule has 0 N–H and O–H groups in total. The van der Waals surface area contributed by atoms with Crippen molar-refractivity contribution in [1.29, 1.82) is 5.26 Å². The molecule has 0 fully saturated rings. The van der Waals surface area contributed by atoms with Crippen LogP contribution in [0.5, 0.6) is 17.2 Å². The molecule has 2 aromatic rings. The van der Waals surface area contributed by atoms with Crippen LogP contribution in [-0.4, -0.2) is 19.8 Å². The SMILES string of the molecule is CCOc1cccc(OCCOc2cccc(C#N)c2)c1. The molecular weight excluding hydrogens is 266 g/mol. The smallest absolute Gasteiger partial charge is 0.123 e. The van der Waals surface area contributed by atoms with Crippen molar-refractivity contribution in [3.63, 3.8) is 0 Å². The van der Waals surface area contributed by atoms with Gasteiger partial charge >= 0.3 is 0 Å². The molecule has 4 heteroatoms. The van der Waals surface area contributed by atoms with E-state index >= 15 is 0 Å². The molecule has 21 heavy (non-hydrogen) atoms. The summed E-state index contributed by atoms with van der Waals surface area (Å²) in [5.74, 6) is 2.20. The maximum absolute atomic E-state index is 8.81. The third-order valence-corrected chi connectivity index (χ3v) is 2.70. The van der Waals surface area contributed by atoms with Gasteiger partial charge in [0.25, 0.3) is 0 Å². The minimum Gasteiger partial charge on any atom is -0.494 e. The molecule has 0 aliphatic heterocycles. The van der Waals surface area contributed by atoms with Crippen LogP contribution in [0.25, 0.3) is 0 Å². The first-order chi connectivity index (χ1) is 10.3. The van der Waals surface area contributed by atoms with Crippen molar-refractivity contribution in [3.8, 4) is 23.3 Å². The normalized spacial score (nSPS) is 9.71. The molecule has 0 amide bonds. The Morgan fingerprint density at radius 3 is 2.05 bits per heavy atom. The zero-order chi connectivity index (χ0) is 14.9. The number of ether oxygens (including phenoxy) is 3. The Morgan fingerprint density at radius 2 is 1.43 bits per heavy atom. The Hall–Kier alpha value is -2.67. The Balaban J connectivity index is 1.79. The van der Waals surface area contributed by atoms with Crippen molar-refractivity contribution >= 4 is 0 Å². The summed E-state index contributed by atoms with van der Waals surface area (Å²) in [4.78, 5) is 0. The molecule has 0 unspecified atom stereocenters. The lowest BCUT2D eigenvalue weighted by atomic mass is 10.2. The van der Waals surface area contributed by atoms with Crippen LogP contribution in [0, 0.1) is 11.3 Å². The fourth-order valence-electron chi connectivity index (χ4n) is 1.79. The monoisotopic (exact) mass is 283 g/mol. The van der Waals surface area contributed by atoms with Crippen molar-refractivity contribution in [2.24, 2.45) is 0 Å². The van der Waals surface area contributed by atoms with E-state index in [4.69, 9.17) is 19.5 Å². The highest BCUT2D eigenvalue weighted by molar-refractivity contribution is 5.36. The molecule has 0 aliphatic carbocycles. The quantitative estimate of drug-likeness (QED) is 0.731. The third-order valence-electron chi connectivity index (χ3n) is 2.70. The van der Waals surface area contributed by atoms with Crippen LogP contribution in [0.3, 0.4) is 0 Å². The van der Waals surface area contributed by atoms with Crippen LogP contribution in [-0.2, 0) is 0 Å². The van der Waals surface area contributed by atoms with Crippen molar-refractivity contribution in [2.75, 3.05) is 19.8 Å². The standard InChI is InChI=1S/C17H17NO3/c1-2-19-16-7-4-8-17(12-16)21-10-9-20-15-6-3-5-14(11-15)13-18/h3-8,11-12H,2,9-10H2,1H3. The van der Waals surface area contributed by atoms with E-state index in [1.807, 2.05) is 37.3 Å². The van der Waals surface area contributed by atoms with Gasteiger partial charge in [0.05, 0.1) is 18.2 Å².